The largest absolute Gasteiger partial charge is 0.329 e. The van der Waals surface area contributed by atoms with Crippen molar-refractivity contribution in [1.82, 2.24) is 0 Å². The van der Waals surface area contributed by atoms with Crippen molar-refractivity contribution >= 4 is 11.8 Å². The highest BCUT2D eigenvalue weighted by Gasteiger charge is 2.33. The lowest BCUT2D eigenvalue weighted by molar-refractivity contribution is 0.563. The minimum Gasteiger partial charge on any atom is -0.329 e. The highest BCUT2D eigenvalue weighted by atomic mass is 32.2. The molecule has 0 amide bonds. The maximum absolute atomic E-state index is 5.95. The van der Waals surface area contributed by atoms with Gasteiger partial charge in [-0.3, -0.25) is 0 Å². The van der Waals surface area contributed by atoms with E-state index in [0.29, 0.717) is 4.75 Å². The molecule has 0 bridgehead atoms. The van der Waals surface area contributed by atoms with Gasteiger partial charge < -0.3 is 5.73 Å². The van der Waals surface area contributed by atoms with Gasteiger partial charge in [-0.25, -0.2) is 0 Å². The molecule has 0 aromatic heterocycles. The molecule has 1 aromatic carbocycles. The van der Waals surface area contributed by atoms with Crippen LogP contribution in [0.2, 0.25) is 0 Å². The van der Waals surface area contributed by atoms with E-state index in [9.17, 15) is 0 Å². The Morgan fingerprint density at radius 1 is 1.40 bits per heavy atom. The van der Waals surface area contributed by atoms with Gasteiger partial charge in [-0.2, -0.15) is 11.8 Å². The van der Waals surface area contributed by atoms with Crippen molar-refractivity contribution in [2.45, 2.75) is 30.9 Å². The third-order valence-electron chi connectivity index (χ3n) is 3.33. The standard InChI is InChI=1S/C13H19NS/c1-11-5-2-3-6-12(11)9-13(10-14)7-4-8-15-13/h2-3,5-6H,4,7-10,14H2,1H3. The number of hydrogen-bond acceptors (Lipinski definition) is 2. The van der Waals surface area contributed by atoms with Gasteiger partial charge in [0.1, 0.15) is 0 Å². The molecule has 0 saturated carbocycles. The van der Waals surface area contributed by atoms with Gasteiger partial charge in [0.05, 0.1) is 0 Å². The molecule has 2 N–H and O–H groups in total. The first-order valence-electron chi connectivity index (χ1n) is 5.64. The van der Waals surface area contributed by atoms with Gasteiger partial charge in [0.25, 0.3) is 0 Å². The molecule has 1 atom stereocenters. The Morgan fingerprint density at radius 2 is 2.20 bits per heavy atom. The first-order chi connectivity index (χ1) is 7.26. The van der Waals surface area contributed by atoms with Gasteiger partial charge in [0.2, 0.25) is 0 Å². The second kappa shape index (κ2) is 4.58. The first-order valence-corrected chi connectivity index (χ1v) is 6.63. The maximum Gasteiger partial charge on any atom is 0.0322 e. The lowest BCUT2D eigenvalue weighted by atomic mass is 9.92. The summed E-state index contributed by atoms with van der Waals surface area (Å²) < 4.78 is 0.326. The van der Waals surface area contributed by atoms with Crippen molar-refractivity contribution in [3.63, 3.8) is 0 Å². The molecule has 1 aromatic rings. The van der Waals surface area contributed by atoms with E-state index in [1.54, 1.807) is 0 Å². The molecular weight excluding hydrogens is 202 g/mol. The Labute approximate surface area is 96.4 Å². The number of thioether (sulfide) groups is 1. The zero-order chi connectivity index (χ0) is 10.7. The van der Waals surface area contributed by atoms with Gasteiger partial charge in [0.15, 0.2) is 0 Å². The summed E-state index contributed by atoms with van der Waals surface area (Å²) in [6, 6.07) is 8.67. The molecule has 0 radical (unpaired) electrons. The molecule has 0 spiro atoms. The Hall–Kier alpha value is -0.470. The summed E-state index contributed by atoms with van der Waals surface area (Å²) in [6.07, 6.45) is 3.75. The molecule has 2 heteroatoms. The average Bonchev–Trinajstić information content (AvgIpc) is 2.71. The second-order valence-electron chi connectivity index (χ2n) is 4.44. The van der Waals surface area contributed by atoms with Gasteiger partial charge in [0, 0.05) is 11.3 Å². The lowest BCUT2D eigenvalue weighted by Gasteiger charge is -2.27. The molecular formula is C13H19NS. The monoisotopic (exact) mass is 221 g/mol. The number of hydrogen-bond donors (Lipinski definition) is 1. The molecule has 1 unspecified atom stereocenters. The molecule has 1 heterocycles. The molecule has 1 nitrogen and oxygen atoms in total. The van der Waals surface area contributed by atoms with Crippen molar-refractivity contribution in [3.8, 4) is 0 Å². The first kappa shape index (κ1) is 11.0. The maximum atomic E-state index is 5.95. The van der Waals surface area contributed by atoms with Crippen LogP contribution in [0.15, 0.2) is 24.3 Å². The van der Waals surface area contributed by atoms with Gasteiger partial charge in [-0.15, -0.1) is 0 Å². The van der Waals surface area contributed by atoms with Crippen molar-refractivity contribution < 1.29 is 0 Å². The van der Waals surface area contributed by atoms with Crippen LogP contribution < -0.4 is 5.73 Å². The van der Waals surface area contributed by atoms with E-state index in [-0.39, 0.29) is 0 Å². The molecule has 2 rings (SSSR count). The minimum atomic E-state index is 0.326. The zero-order valence-electron chi connectivity index (χ0n) is 9.33. The van der Waals surface area contributed by atoms with E-state index in [1.165, 1.54) is 29.7 Å². The minimum absolute atomic E-state index is 0.326. The normalized spacial score (nSPS) is 25.7. The van der Waals surface area contributed by atoms with Crippen LogP contribution in [0.25, 0.3) is 0 Å². The van der Waals surface area contributed by atoms with Crippen LogP contribution in [0.1, 0.15) is 24.0 Å². The predicted molar refractivity (Wildman–Crippen MR) is 68.4 cm³/mol. The van der Waals surface area contributed by atoms with Crippen LogP contribution in [0.3, 0.4) is 0 Å². The van der Waals surface area contributed by atoms with Gasteiger partial charge >= 0.3 is 0 Å². The molecule has 1 fully saturated rings. The van der Waals surface area contributed by atoms with Crippen molar-refractivity contribution in [2.24, 2.45) is 5.73 Å². The summed E-state index contributed by atoms with van der Waals surface area (Å²) in [5.74, 6) is 1.28. The number of rotatable bonds is 3. The summed E-state index contributed by atoms with van der Waals surface area (Å²) in [5, 5.41) is 0. The van der Waals surface area contributed by atoms with Crippen LogP contribution in [-0.2, 0) is 6.42 Å². The van der Waals surface area contributed by atoms with Crippen LogP contribution in [0.4, 0.5) is 0 Å². The summed E-state index contributed by atoms with van der Waals surface area (Å²) in [7, 11) is 0. The van der Waals surface area contributed by atoms with E-state index in [1.807, 2.05) is 0 Å². The van der Waals surface area contributed by atoms with Crippen LogP contribution in [-0.4, -0.2) is 17.0 Å². The van der Waals surface area contributed by atoms with Crippen molar-refractivity contribution in [1.29, 1.82) is 0 Å². The Balaban J connectivity index is 2.16. The van der Waals surface area contributed by atoms with E-state index in [2.05, 4.69) is 43.0 Å². The fourth-order valence-electron chi connectivity index (χ4n) is 2.28. The topological polar surface area (TPSA) is 26.0 Å². The smallest absolute Gasteiger partial charge is 0.0322 e. The quantitative estimate of drug-likeness (QED) is 0.849. The Morgan fingerprint density at radius 3 is 2.80 bits per heavy atom. The summed E-state index contributed by atoms with van der Waals surface area (Å²) in [6.45, 7) is 3.01. The van der Waals surface area contributed by atoms with E-state index in [0.717, 1.165) is 13.0 Å². The lowest BCUT2D eigenvalue weighted by Crippen LogP contribution is -2.34. The molecule has 1 aliphatic heterocycles. The fraction of sp³-hybridized carbons (Fsp3) is 0.538. The molecule has 82 valence electrons. The highest BCUT2D eigenvalue weighted by Crippen LogP contribution is 2.40. The van der Waals surface area contributed by atoms with Crippen LogP contribution in [0, 0.1) is 6.92 Å². The molecule has 0 aliphatic carbocycles. The third-order valence-corrected chi connectivity index (χ3v) is 4.95. The molecule has 15 heavy (non-hydrogen) atoms. The second-order valence-corrected chi connectivity index (χ2v) is 6.01. The number of aryl methyl sites for hydroxylation is 1. The third kappa shape index (κ3) is 2.37. The van der Waals surface area contributed by atoms with Crippen molar-refractivity contribution in [2.75, 3.05) is 12.3 Å². The Bertz CT molecular complexity index is 329. The van der Waals surface area contributed by atoms with Gasteiger partial charge in [-0.1, -0.05) is 24.3 Å². The van der Waals surface area contributed by atoms with E-state index in [4.69, 9.17) is 5.73 Å². The van der Waals surface area contributed by atoms with E-state index >= 15 is 0 Å². The predicted octanol–water partition coefficient (Wildman–Crippen LogP) is 2.76. The zero-order valence-corrected chi connectivity index (χ0v) is 10.1. The van der Waals surface area contributed by atoms with Crippen molar-refractivity contribution in [3.05, 3.63) is 35.4 Å². The average molecular weight is 221 g/mol. The van der Waals surface area contributed by atoms with Crippen LogP contribution >= 0.6 is 11.8 Å². The van der Waals surface area contributed by atoms with Gasteiger partial charge in [-0.05, 0) is 43.1 Å². The van der Waals surface area contributed by atoms with Crippen LogP contribution in [0.5, 0.6) is 0 Å². The number of benzene rings is 1. The molecule has 1 aliphatic rings. The molecule has 1 saturated heterocycles. The summed E-state index contributed by atoms with van der Waals surface area (Å²) in [5.41, 5.74) is 8.82. The summed E-state index contributed by atoms with van der Waals surface area (Å²) in [4.78, 5) is 0. The fourth-order valence-corrected chi connectivity index (χ4v) is 3.67. The number of nitrogens with two attached hydrogens (primary N) is 1. The SMILES string of the molecule is Cc1ccccc1CC1(CN)CCCS1. The Kier molecular flexibility index (Phi) is 3.37. The van der Waals surface area contributed by atoms with E-state index < -0.39 is 0 Å². The summed E-state index contributed by atoms with van der Waals surface area (Å²) >= 11 is 2.07. The highest BCUT2D eigenvalue weighted by molar-refractivity contribution is 8.00.